The molecule has 0 aliphatic carbocycles. The van der Waals surface area contributed by atoms with Crippen LogP contribution >= 0.6 is 23.2 Å². The second-order valence-corrected chi connectivity index (χ2v) is 5.67. The summed E-state index contributed by atoms with van der Waals surface area (Å²) in [6.45, 7) is 0.613. The van der Waals surface area contributed by atoms with E-state index in [-0.39, 0.29) is 18.3 Å². The smallest absolute Gasteiger partial charge is 0.287 e. The molecule has 0 saturated heterocycles. The second-order valence-electron chi connectivity index (χ2n) is 4.83. The summed E-state index contributed by atoms with van der Waals surface area (Å²) in [5.74, 6) is 0.511. The van der Waals surface area contributed by atoms with E-state index >= 15 is 0 Å². The Morgan fingerprint density at radius 3 is 2.74 bits per heavy atom. The normalized spacial score (nSPS) is 10.7. The van der Waals surface area contributed by atoms with E-state index in [2.05, 4.69) is 5.32 Å². The van der Waals surface area contributed by atoms with Crippen molar-refractivity contribution in [3.8, 4) is 5.75 Å². The number of hydrogen-bond acceptors (Lipinski definition) is 3. The molecule has 23 heavy (non-hydrogen) atoms. The van der Waals surface area contributed by atoms with Crippen LogP contribution < -0.4 is 10.1 Å². The molecule has 0 fully saturated rings. The van der Waals surface area contributed by atoms with E-state index in [0.717, 1.165) is 5.39 Å². The highest BCUT2D eigenvalue weighted by molar-refractivity contribution is 6.35. The van der Waals surface area contributed by atoms with Gasteiger partial charge >= 0.3 is 0 Å². The van der Waals surface area contributed by atoms with Gasteiger partial charge in [0.25, 0.3) is 5.91 Å². The SMILES string of the molecule is O=C(NCCOc1ccc(Cl)cc1Cl)c1cc2ccccc2o1. The number of fused-ring (bicyclic) bond motifs is 1. The fraction of sp³-hybridized carbons (Fsp3) is 0.118. The first-order valence-electron chi connectivity index (χ1n) is 6.98. The molecule has 4 nitrogen and oxygen atoms in total. The number of carbonyl (C=O) groups excluding carboxylic acids is 1. The maximum atomic E-state index is 12.0. The quantitative estimate of drug-likeness (QED) is 0.687. The molecule has 0 saturated carbocycles. The topological polar surface area (TPSA) is 51.5 Å². The number of nitrogens with one attached hydrogen (secondary N) is 1. The van der Waals surface area contributed by atoms with Crippen LogP contribution in [0.2, 0.25) is 10.0 Å². The highest BCUT2D eigenvalue weighted by Gasteiger charge is 2.11. The third kappa shape index (κ3) is 3.78. The van der Waals surface area contributed by atoms with E-state index in [9.17, 15) is 4.79 Å². The molecule has 0 radical (unpaired) electrons. The first-order valence-corrected chi connectivity index (χ1v) is 7.74. The summed E-state index contributed by atoms with van der Waals surface area (Å²) in [7, 11) is 0. The average Bonchev–Trinajstić information content (AvgIpc) is 2.97. The van der Waals surface area contributed by atoms with Crippen LogP contribution in [0.15, 0.2) is 52.9 Å². The zero-order valence-electron chi connectivity index (χ0n) is 12.0. The van der Waals surface area contributed by atoms with E-state index < -0.39 is 0 Å². The molecule has 3 aromatic rings. The number of benzene rings is 2. The third-order valence-corrected chi connectivity index (χ3v) is 3.72. The molecular formula is C17H13Cl2NO3. The number of hydrogen-bond donors (Lipinski definition) is 1. The Balaban J connectivity index is 1.53. The van der Waals surface area contributed by atoms with Crippen LogP contribution in [0, 0.1) is 0 Å². The summed E-state index contributed by atoms with van der Waals surface area (Å²) < 4.78 is 11.0. The van der Waals surface area contributed by atoms with Gasteiger partial charge in [0.2, 0.25) is 0 Å². The molecule has 0 unspecified atom stereocenters. The van der Waals surface area contributed by atoms with Crippen LogP contribution in [0.4, 0.5) is 0 Å². The van der Waals surface area contributed by atoms with E-state index in [1.807, 2.05) is 24.3 Å². The van der Waals surface area contributed by atoms with Crippen molar-refractivity contribution in [1.82, 2.24) is 5.32 Å². The van der Waals surface area contributed by atoms with Gasteiger partial charge in [0.05, 0.1) is 11.6 Å². The molecule has 1 aromatic heterocycles. The van der Waals surface area contributed by atoms with Gasteiger partial charge < -0.3 is 14.5 Å². The number of halogens is 2. The number of ether oxygens (including phenoxy) is 1. The molecule has 1 heterocycles. The summed E-state index contributed by atoms with van der Waals surface area (Å²) in [5.41, 5.74) is 0.682. The highest BCUT2D eigenvalue weighted by atomic mass is 35.5. The molecule has 1 N–H and O–H groups in total. The lowest BCUT2D eigenvalue weighted by molar-refractivity contribution is 0.0921. The third-order valence-electron chi connectivity index (χ3n) is 3.19. The monoisotopic (exact) mass is 349 g/mol. The molecule has 0 atom stereocenters. The predicted molar refractivity (Wildman–Crippen MR) is 90.5 cm³/mol. The number of carbonyl (C=O) groups is 1. The molecule has 118 valence electrons. The zero-order chi connectivity index (χ0) is 16.2. The number of para-hydroxylation sites is 1. The number of furan rings is 1. The van der Waals surface area contributed by atoms with Crippen LogP contribution in [-0.4, -0.2) is 19.1 Å². The fourth-order valence-electron chi connectivity index (χ4n) is 2.10. The molecule has 1 amide bonds. The minimum Gasteiger partial charge on any atom is -0.490 e. The zero-order valence-corrected chi connectivity index (χ0v) is 13.5. The summed E-state index contributed by atoms with van der Waals surface area (Å²) in [6, 6.07) is 14.1. The molecule has 0 bridgehead atoms. The minimum absolute atomic E-state index is 0.274. The summed E-state index contributed by atoms with van der Waals surface area (Å²) >= 11 is 11.8. The first-order chi connectivity index (χ1) is 11.1. The largest absolute Gasteiger partial charge is 0.490 e. The number of rotatable bonds is 5. The van der Waals surface area contributed by atoms with E-state index in [0.29, 0.717) is 27.9 Å². The molecule has 3 rings (SSSR count). The second kappa shape index (κ2) is 6.94. The van der Waals surface area contributed by atoms with Gasteiger partial charge in [-0.05, 0) is 30.3 Å². The Morgan fingerprint density at radius 2 is 1.96 bits per heavy atom. The van der Waals surface area contributed by atoms with Crippen molar-refractivity contribution in [1.29, 1.82) is 0 Å². The van der Waals surface area contributed by atoms with Crippen molar-refractivity contribution in [3.05, 3.63) is 64.3 Å². The maximum absolute atomic E-state index is 12.0. The van der Waals surface area contributed by atoms with Crippen molar-refractivity contribution in [2.24, 2.45) is 0 Å². The summed E-state index contributed by atoms with van der Waals surface area (Å²) in [5, 5.41) is 4.60. The first kappa shape index (κ1) is 15.7. The van der Waals surface area contributed by atoms with Crippen LogP contribution in [0.1, 0.15) is 10.6 Å². The van der Waals surface area contributed by atoms with Gasteiger partial charge in [-0.25, -0.2) is 0 Å². The molecular weight excluding hydrogens is 337 g/mol. The van der Waals surface area contributed by atoms with E-state index in [1.54, 1.807) is 24.3 Å². The Kier molecular flexibility index (Phi) is 4.74. The average molecular weight is 350 g/mol. The lowest BCUT2D eigenvalue weighted by atomic mass is 10.2. The summed E-state index contributed by atoms with van der Waals surface area (Å²) in [6.07, 6.45) is 0. The van der Waals surface area contributed by atoms with Crippen molar-refractivity contribution in [2.75, 3.05) is 13.2 Å². The maximum Gasteiger partial charge on any atom is 0.287 e. The molecule has 6 heteroatoms. The number of amides is 1. The fourth-order valence-corrected chi connectivity index (χ4v) is 2.56. The van der Waals surface area contributed by atoms with Gasteiger partial charge in [0, 0.05) is 10.4 Å². The van der Waals surface area contributed by atoms with Gasteiger partial charge in [-0.2, -0.15) is 0 Å². The van der Waals surface area contributed by atoms with Crippen molar-refractivity contribution in [2.45, 2.75) is 0 Å². The van der Waals surface area contributed by atoms with Crippen molar-refractivity contribution in [3.63, 3.8) is 0 Å². The van der Waals surface area contributed by atoms with Gasteiger partial charge in [0.1, 0.15) is 17.9 Å². The molecule has 0 aliphatic rings. The lowest BCUT2D eigenvalue weighted by Crippen LogP contribution is -2.27. The van der Waals surface area contributed by atoms with E-state index in [4.69, 9.17) is 32.4 Å². The van der Waals surface area contributed by atoms with Crippen LogP contribution in [0.3, 0.4) is 0 Å². The Morgan fingerprint density at radius 1 is 1.13 bits per heavy atom. The van der Waals surface area contributed by atoms with Crippen molar-refractivity contribution < 1.29 is 13.9 Å². The lowest BCUT2D eigenvalue weighted by Gasteiger charge is -2.08. The van der Waals surface area contributed by atoms with Crippen LogP contribution in [0.5, 0.6) is 5.75 Å². The Labute approximate surface area is 142 Å². The van der Waals surface area contributed by atoms with Crippen molar-refractivity contribution >= 4 is 40.1 Å². The van der Waals surface area contributed by atoms with Gasteiger partial charge in [0.15, 0.2) is 5.76 Å². The van der Waals surface area contributed by atoms with E-state index in [1.165, 1.54) is 0 Å². The van der Waals surface area contributed by atoms with Gasteiger partial charge in [-0.15, -0.1) is 0 Å². The highest BCUT2D eigenvalue weighted by Crippen LogP contribution is 2.27. The molecule has 2 aromatic carbocycles. The van der Waals surface area contributed by atoms with Gasteiger partial charge in [-0.3, -0.25) is 4.79 Å². The molecule has 0 spiro atoms. The minimum atomic E-state index is -0.285. The predicted octanol–water partition coefficient (Wildman–Crippen LogP) is 4.55. The Hall–Kier alpha value is -2.17. The van der Waals surface area contributed by atoms with Gasteiger partial charge in [-0.1, -0.05) is 41.4 Å². The van der Waals surface area contributed by atoms with Crippen LogP contribution in [-0.2, 0) is 0 Å². The van der Waals surface area contributed by atoms with Crippen LogP contribution in [0.25, 0.3) is 11.0 Å². The molecule has 0 aliphatic heterocycles. The summed E-state index contributed by atoms with van der Waals surface area (Å²) in [4.78, 5) is 12.0. The Bertz CT molecular complexity index is 812. The standard InChI is InChI=1S/C17H13Cl2NO3/c18-12-5-6-15(13(19)10-12)22-8-7-20-17(21)16-9-11-3-1-2-4-14(11)23-16/h1-6,9-10H,7-8H2,(H,20,21).